The van der Waals surface area contributed by atoms with Crippen LogP contribution in [0.25, 0.3) is 0 Å². The molecule has 20 heavy (non-hydrogen) atoms. The predicted octanol–water partition coefficient (Wildman–Crippen LogP) is 1.73. The fourth-order valence-electron chi connectivity index (χ4n) is 2.07. The highest BCUT2D eigenvalue weighted by molar-refractivity contribution is 5.91. The Bertz CT molecular complexity index is 474. The first-order valence-corrected chi connectivity index (χ1v) is 6.61. The Kier molecular flexibility index (Phi) is 5.96. The molecule has 0 saturated carbocycles. The van der Waals surface area contributed by atoms with Crippen LogP contribution in [0.1, 0.15) is 37.2 Å². The Hall–Kier alpha value is -2.11. The van der Waals surface area contributed by atoms with Crippen LogP contribution in [0.3, 0.4) is 0 Å². The lowest BCUT2D eigenvalue weighted by atomic mass is 9.94. The summed E-state index contributed by atoms with van der Waals surface area (Å²) in [7, 11) is 0. The van der Waals surface area contributed by atoms with Gasteiger partial charge in [-0.1, -0.05) is 19.9 Å². The second-order valence-corrected chi connectivity index (χ2v) is 5.25. The van der Waals surface area contributed by atoms with Gasteiger partial charge in [0.25, 0.3) is 5.91 Å². The minimum Gasteiger partial charge on any atom is -0.481 e. The van der Waals surface area contributed by atoms with Gasteiger partial charge in [0, 0.05) is 13.0 Å². The van der Waals surface area contributed by atoms with Gasteiger partial charge in [-0.3, -0.25) is 9.59 Å². The van der Waals surface area contributed by atoms with Crippen LogP contribution in [-0.4, -0.2) is 28.5 Å². The zero-order chi connectivity index (χ0) is 15.1. The molecule has 0 radical (unpaired) electrons. The second kappa shape index (κ2) is 7.47. The molecule has 0 aliphatic rings. The number of carboxylic acids is 1. The summed E-state index contributed by atoms with van der Waals surface area (Å²) in [5, 5.41) is 12.0. The van der Waals surface area contributed by atoms with Crippen molar-refractivity contribution in [2.24, 2.45) is 17.6 Å². The number of nitrogens with two attached hydrogens (primary N) is 1. The minimum absolute atomic E-state index is 0.0199. The number of hydrogen-bond acceptors (Lipinski definition) is 4. The van der Waals surface area contributed by atoms with Gasteiger partial charge in [0.05, 0.1) is 0 Å². The molecule has 6 heteroatoms. The van der Waals surface area contributed by atoms with E-state index in [0.717, 1.165) is 6.42 Å². The van der Waals surface area contributed by atoms with Crippen molar-refractivity contribution in [1.82, 2.24) is 4.98 Å². The van der Waals surface area contributed by atoms with Gasteiger partial charge < -0.3 is 16.2 Å². The summed E-state index contributed by atoms with van der Waals surface area (Å²) in [5.41, 5.74) is 5.35. The molecule has 0 bridgehead atoms. The fraction of sp³-hybridized carbons (Fsp3) is 0.500. The monoisotopic (exact) mass is 279 g/mol. The summed E-state index contributed by atoms with van der Waals surface area (Å²) in [6.07, 6.45) is 0.926. The van der Waals surface area contributed by atoms with Gasteiger partial charge in [-0.25, -0.2) is 4.98 Å². The van der Waals surface area contributed by atoms with Crippen molar-refractivity contribution in [3.63, 3.8) is 0 Å². The van der Waals surface area contributed by atoms with Crippen LogP contribution in [-0.2, 0) is 4.79 Å². The number of carbonyl (C=O) groups is 2. The third-order valence-electron chi connectivity index (χ3n) is 2.84. The second-order valence-electron chi connectivity index (χ2n) is 5.25. The van der Waals surface area contributed by atoms with Crippen molar-refractivity contribution in [3.8, 4) is 0 Å². The Balaban J connectivity index is 2.64. The van der Waals surface area contributed by atoms with Crippen molar-refractivity contribution in [3.05, 3.63) is 23.9 Å². The number of carbonyl (C=O) groups excluding carboxylic acids is 1. The molecular formula is C14H21N3O3. The molecule has 0 saturated heterocycles. The number of nitrogens with zero attached hydrogens (tertiary/aromatic N) is 1. The lowest BCUT2D eigenvalue weighted by Gasteiger charge is -2.18. The SMILES string of the molecule is CC(C)CC(CNc1cccc(C(N)=O)n1)CC(=O)O. The van der Waals surface area contributed by atoms with Gasteiger partial charge in [0.2, 0.25) is 0 Å². The molecule has 0 aliphatic carbocycles. The lowest BCUT2D eigenvalue weighted by Crippen LogP contribution is -2.21. The van der Waals surface area contributed by atoms with Crippen LogP contribution in [0.15, 0.2) is 18.2 Å². The summed E-state index contributed by atoms with van der Waals surface area (Å²) in [6, 6.07) is 4.94. The molecule has 0 aliphatic heterocycles. The first-order valence-electron chi connectivity index (χ1n) is 6.61. The average Bonchev–Trinajstić information content (AvgIpc) is 2.35. The van der Waals surface area contributed by atoms with Crippen LogP contribution in [0, 0.1) is 11.8 Å². The molecule has 6 nitrogen and oxygen atoms in total. The Labute approximate surface area is 118 Å². The highest BCUT2D eigenvalue weighted by Gasteiger charge is 2.15. The van der Waals surface area contributed by atoms with Crippen molar-refractivity contribution in [2.75, 3.05) is 11.9 Å². The first kappa shape index (κ1) is 15.9. The normalized spacial score (nSPS) is 12.2. The third-order valence-corrected chi connectivity index (χ3v) is 2.84. The van der Waals surface area contributed by atoms with Gasteiger partial charge in [0.1, 0.15) is 11.5 Å². The number of rotatable bonds is 8. The molecule has 1 rings (SSSR count). The molecule has 1 unspecified atom stereocenters. The summed E-state index contributed by atoms with van der Waals surface area (Å²) in [4.78, 5) is 25.9. The number of aliphatic carboxylic acids is 1. The molecule has 0 spiro atoms. The van der Waals surface area contributed by atoms with E-state index in [1.807, 2.05) is 0 Å². The highest BCUT2D eigenvalue weighted by Crippen LogP contribution is 2.16. The van der Waals surface area contributed by atoms with E-state index in [0.29, 0.717) is 18.3 Å². The minimum atomic E-state index is -0.809. The molecule has 1 heterocycles. The van der Waals surface area contributed by atoms with Crippen LogP contribution < -0.4 is 11.1 Å². The maximum absolute atomic E-state index is 11.0. The van der Waals surface area contributed by atoms with Crippen molar-refractivity contribution < 1.29 is 14.7 Å². The number of nitrogens with one attached hydrogen (secondary N) is 1. The predicted molar refractivity (Wildman–Crippen MR) is 76.4 cm³/mol. The molecule has 1 amide bonds. The van der Waals surface area contributed by atoms with E-state index in [9.17, 15) is 9.59 Å². The van der Waals surface area contributed by atoms with Crippen molar-refractivity contribution >= 4 is 17.7 Å². The summed E-state index contributed by atoms with van der Waals surface area (Å²) in [6.45, 7) is 4.61. The van der Waals surface area contributed by atoms with Crippen molar-refractivity contribution in [1.29, 1.82) is 0 Å². The molecule has 0 aromatic carbocycles. The number of hydrogen-bond donors (Lipinski definition) is 3. The van der Waals surface area contributed by atoms with Crippen LogP contribution in [0.2, 0.25) is 0 Å². The average molecular weight is 279 g/mol. The fourth-order valence-corrected chi connectivity index (χ4v) is 2.07. The van der Waals surface area contributed by atoms with Gasteiger partial charge in [-0.2, -0.15) is 0 Å². The summed E-state index contributed by atoms with van der Waals surface area (Å²) >= 11 is 0. The molecule has 110 valence electrons. The molecular weight excluding hydrogens is 258 g/mol. The highest BCUT2D eigenvalue weighted by atomic mass is 16.4. The Morgan fingerprint density at radius 3 is 2.65 bits per heavy atom. The van der Waals surface area contributed by atoms with Gasteiger partial charge in [-0.15, -0.1) is 0 Å². The van der Waals surface area contributed by atoms with E-state index < -0.39 is 11.9 Å². The topological polar surface area (TPSA) is 105 Å². The Morgan fingerprint density at radius 2 is 2.10 bits per heavy atom. The zero-order valence-electron chi connectivity index (χ0n) is 11.8. The maximum Gasteiger partial charge on any atom is 0.303 e. The number of aromatic nitrogens is 1. The van der Waals surface area contributed by atoms with Crippen LogP contribution in [0.4, 0.5) is 5.82 Å². The van der Waals surface area contributed by atoms with Gasteiger partial charge in [-0.05, 0) is 30.4 Å². The lowest BCUT2D eigenvalue weighted by molar-refractivity contribution is -0.138. The van der Waals surface area contributed by atoms with E-state index in [1.54, 1.807) is 12.1 Å². The zero-order valence-corrected chi connectivity index (χ0v) is 11.8. The molecule has 1 aromatic rings. The maximum atomic E-state index is 11.0. The van der Waals surface area contributed by atoms with Crippen LogP contribution >= 0.6 is 0 Å². The van der Waals surface area contributed by atoms with Gasteiger partial charge >= 0.3 is 5.97 Å². The smallest absolute Gasteiger partial charge is 0.303 e. The van der Waals surface area contributed by atoms with E-state index >= 15 is 0 Å². The van der Waals surface area contributed by atoms with E-state index in [2.05, 4.69) is 24.1 Å². The standard InChI is InChI=1S/C14H21N3O3/c1-9(2)6-10(7-13(18)19)8-16-12-5-3-4-11(17-12)14(15)20/h3-5,9-10H,6-8H2,1-2H3,(H2,15,20)(H,16,17)(H,18,19). The molecule has 1 atom stereocenters. The van der Waals surface area contributed by atoms with Crippen molar-refractivity contribution in [2.45, 2.75) is 26.7 Å². The number of anilines is 1. The summed E-state index contributed by atoms with van der Waals surface area (Å²) < 4.78 is 0. The van der Waals surface area contributed by atoms with E-state index in [1.165, 1.54) is 6.07 Å². The number of amides is 1. The largest absolute Gasteiger partial charge is 0.481 e. The number of pyridine rings is 1. The molecule has 4 N–H and O–H groups in total. The van der Waals surface area contributed by atoms with Gasteiger partial charge in [0.15, 0.2) is 0 Å². The van der Waals surface area contributed by atoms with E-state index in [-0.39, 0.29) is 18.0 Å². The number of primary amides is 1. The van der Waals surface area contributed by atoms with E-state index in [4.69, 9.17) is 10.8 Å². The summed E-state index contributed by atoms with van der Waals surface area (Å²) in [5.74, 6) is -0.424. The first-order chi connectivity index (χ1) is 9.38. The molecule has 1 aromatic heterocycles. The quantitative estimate of drug-likeness (QED) is 0.672. The van der Waals surface area contributed by atoms with Crippen LogP contribution in [0.5, 0.6) is 0 Å². The Morgan fingerprint density at radius 1 is 1.40 bits per heavy atom. The third kappa shape index (κ3) is 5.69. The number of carboxylic acid groups (broad SMARTS) is 1. The molecule has 0 fully saturated rings.